The first kappa shape index (κ1) is 15.1. The Morgan fingerprint density at radius 2 is 2.14 bits per heavy atom. The van der Waals surface area contributed by atoms with Gasteiger partial charge in [-0.1, -0.05) is 0 Å². The molecule has 6 nitrogen and oxygen atoms in total. The molecule has 21 heavy (non-hydrogen) atoms. The minimum atomic E-state index is -4.56. The Labute approximate surface area is 118 Å². The van der Waals surface area contributed by atoms with E-state index in [-0.39, 0.29) is 5.69 Å². The number of nitrogens with one attached hydrogen (secondary N) is 2. The largest absolute Gasteiger partial charge is 0.432 e. The van der Waals surface area contributed by atoms with Gasteiger partial charge in [-0.05, 0) is 13.8 Å². The van der Waals surface area contributed by atoms with Gasteiger partial charge in [0.2, 0.25) is 0 Å². The molecule has 0 saturated heterocycles. The summed E-state index contributed by atoms with van der Waals surface area (Å²) in [6.45, 7) is 3.56. The quantitative estimate of drug-likeness (QED) is 0.910. The van der Waals surface area contributed by atoms with Crippen LogP contribution in [-0.2, 0) is 13.2 Å². The van der Waals surface area contributed by atoms with E-state index < -0.39 is 23.8 Å². The van der Waals surface area contributed by atoms with Crippen LogP contribution in [0.1, 0.15) is 40.4 Å². The lowest BCUT2D eigenvalue weighted by Crippen LogP contribution is -2.27. The highest BCUT2D eigenvalue weighted by molar-refractivity contribution is 5.92. The SMILES string of the molecule is Cc1c(C(C)NC(=O)c2cc(C(F)(F)F)[nH]n2)cnn1C. The summed E-state index contributed by atoms with van der Waals surface area (Å²) in [4.78, 5) is 11.9. The molecule has 1 amide bonds. The van der Waals surface area contributed by atoms with E-state index in [1.807, 2.05) is 6.92 Å². The van der Waals surface area contributed by atoms with E-state index in [4.69, 9.17) is 0 Å². The molecule has 2 aromatic rings. The van der Waals surface area contributed by atoms with Crippen LogP contribution in [0.4, 0.5) is 13.2 Å². The van der Waals surface area contributed by atoms with Gasteiger partial charge in [-0.3, -0.25) is 14.6 Å². The van der Waals surface area contributed by atoms with Crippen molar-refractivity contribution in [3.05, 3.63) is 34.9 Å². The third-order valence-electron chi connectivity index (χ3n) is 3.20. The molecule has 9 heteroatoms. The standard InChI is InChI=1S/C12H14F3N5O/c1-6(8-5-16-20(3)7(8)2)17-11(21)9-4-10(19-18-9)12(13,14)15/h4-6H,1-3H3,(H,17,21)(H,18,19). The van der Waals surface area contributed by atoms with Crippen molar-refractivity contribution in [2.24, 2.45) is 7.05 Å². The molecule has 1 unspecified atom stereocenters. The minimum absolute atomic E-state index is 0.310. The van der Waals surface area contributed by atoms with Crippen molar-refractivity contribution in [2.45, 2.75) is 26.1 Å². The summed E-state index contributed by atoms with van der Waals surface area (Å²) in [5.74, 6) is -0.683. The first-order valence-corrected chi connectivity index (χ1v) is 6.12. The summed E-state index contributed by atoms with van der Waals surface area (Å²) in [5.41, 5.74) is 0.284. The number of alkyl halides is 3. The summed E-state index contributed by atoms with van der Waals surface area (Å²) >= 11 is 0. The number of carbonyl (C=O) groups excluding carboxylic acids is 1. The molecule has 2 heterocycles. The molecule has 0 fully saturated rings. The maximum absolute atomic E-state index is 12.4. The Morgan fingerprint density at radius 3 is 2.62 bits per heavy atom. The predicted molar refractivity (Wildman–Crippen MR) is 67.4 cm³/mol. The van der Waals surface area contributed by atoms with Crippen LogP contribution in [0.5, 0.6) is 0 Å². The fourth-order valence-electron chi connectivity index (χ4n) is 1.87. The second-order valence-electron chi connectivity index (χ2n) is 4.67. The molecule has 1 atom stereocenters. The van der Waals surface area contributed by atoms with Gasteiger partial charge in [0.05, 0.1) is 12.2 Å². The fourth-order valence-corrected chi connectivity index (χ4v) is 1.87. The molecule has 0 saturated carbocycles. The van der Waals surface area contributed by atoms with Crippen LogP contribution in [0.2, 0.25) is 0 Å². The first-order valence-electron chi connectivity index (χ1n) is 6.12. The molecule has 114 valence electrons. The van der Waals surface area contributed by atoms with E-state index in [9.17, 15) is 18.0 Å². The number of aromatic amines is 1. The van der Waals surface area contributed by atoms with Gasteiger partial charge in [-0.25, -0.2) is 0 Å². The lowest BCUT2D eigenvalue weighted by atomic mass is 10.1. The highest BCUT2D eigenvalue weighted by Crippen LogP contribution is 2.27. The van der Waals surface area contributed by atoms with Crippen molar-refractivity contribution < 1.29 is 18.0 Å². The zero-order valence-corrected chi connectivity index (χ0v) is 11.6. The van der Waals surface area contributed by atoms with E-state index in [2.05, 4.69) is 15.5 Å². The Kier molecular flexibility index (Phi) is 3.75. The Morgan fingerprint density at radius 1 is 1.48 bits per heavy atom. The summed E-state index contributed by atoms with van der Waals surface area (Å²) < 4.78 is 38.9. The number of amides is 1. The number of rotatable bonds is 3. The van der Waals surface area contributed by atoms with Crippen molar-refractivity contribution in [2.75, 3.05) is 0 Å². The number of nitrogens with zero attached hydrogens (tertiary/aromatic N) is 3. The number of halogens is 3. The minimum Gasteiger partial charge on any atom is -0.344 e. The van der Waals surface area contributed by atoms with E-state index in [1.54, 1.807) is 29.9 Å². The fraction of sp³-hybridized carbons (Fsp3) is 0.417. The van der Waals surface area contributed by atoms with Crippen LogP contribution >= 0.6 is 0 Å². The van der Waals surface area contributed by atoms with Crippen LogP contribution < -0.4 is 5.32 Å². The van der Waals surface area contributed by atoms with Gasteiger partial charge in [-0.2, -0.15) is 23.4 Å². The van der Waals surface area contributed by atoms with Gasteiger partial charge in [0.1, 0.15) is 5.69 Å². The summed E-state index contributed by atoms with van der Waals surface area (Å²) in [7, 11) is 1.76. The third-order valence-corrected chi connectivity index (χ3v) is 3.20. The van der Waals surface area contributed by atoms with Crippen molar-refractivity contribution >= 4 is 5.91 Å². The van der Waals surface area contributed by atoms with Crippen LogP contribution in [-0.4, -0.2) is 25.9 Å². The van der Waals surface area contributed by atoms with Crippen LogP contribution in [0, 0.1) is 6.92 Å². The molecular weight excluding hydrogens is 287 g/mol. The Bertz CT molecular complexity index is 658. The van der Waals surface area contributed by atoms with Crippen molar-refractivity contribution in [3.8, 4) is 0 Å². The van der Waals surface area contributed by atoms with E-state index in [0.29, 0.717) is 6.07 Å². The zero-order chi connectivity index (χ0) is 15.8. The smallest absolute Gasteiger partial charge is 0.344 e. The topological polar surface area (TPSA) is 75.6 Å². The average molecular weight is 301 g/mol. The zero-order valence-electron chi connectivity index (χ0n) is 11.6. The van der Waals surface area contributed by atoms with Gasteiger partial charge in [0, 0.05) is 24.4 Å². The highest BCUT2D eigenvalue weighted by atomic mass is 19.4. The van der Waals surface area contributed by atoms with Crippen LogP contribution in [0.25, 0.3) is 0 Å². The lowest BCUT2D eigenvalue weighted by Gasteiger charge is -2.12. The summed E-state index contributed by atoms with van der Waals surface area (Å²) in [5, 5.41) is 11.8. The summed E-state index contributed by atoms with van der Waals surface area (Å²) in [6.07, 6.45) is -2.96. The molecule has 2 rings (SSSR count). The van der Waals surface area contributed by atoms with E-state index in [0.717, 1.165) is 11.3 Å². The number of aromatic nitrogens is 4. The Balaban J connectivity index is 2.11. The third kappa shape index (κ3) is 3.06. The average Bonchev–Trinajstić information content (AvgIpc) is 2.97. The van der Waals surface area contributed by atoms with Crippen molar-refractivity contribution in [1.29, 1.82) is 0 Å². The number of H-pyrrole nitrogens is 1. The van der Waals surface area contributed by atoms with E-state index in [1.165, 1.54) is 0 Å². The maximum Gasteiger partial charge on any atom is 0.432 e. The molecular formula is C12H14F3N5O. The number of aryl methyl sites for hydroxylation is 1. The molecule has 0 aromatic carbocycles. The van der Waals surface area contributed by atoms with Crippen LogP contribution in [0.3, 0.4) is 0 Å². The number of carbonyl (C=O) groups is 1. The molecule has 2 aromatic heterocycles. The molecule has 0 bridgehead atoms. The first-order chi connectivity index (χ1) is 9.70. The van der Waals surface area contributed by atoms with Gasteiger partial charge in [0.25, 0.3) is 5.91 Å². The van der Waals surface area contributed by atoms with Gasteiger partial charge < -0.3 is 5.32 Å². The summed E-state index contributed by atoms with van der Waals surface area (Å²) in [6, 6.07) is 0.287. The molecule has 2 N–H and O–H groups in total. The second-order valence-corrected chi connectivity index (χ2v) is 4.67. The number of hydrogen-bond donors (Lipinski definition) is 2. The van der Waals surface area contributed by atoms with Gasteiger partial charge >= 0.3 is 6.18 Å². The second kappa shape index (κ2) is 5.23. The van der Waals surface area contributed by atoms with Gasteiger partial charge in [-0.15, -0.1) is 0 Å². The van der Waals surface area contributed by atoms with Crippen LogP contribution in [0.15, 0.2) is 12.3 Å². The van der Waals surface area contributed by atoms with Gasteiger partial charge in [0.15, 0.2) is 5.69 Å². The number of hydrogen-bond acceptors (Lipinski definition) is 3. The molecule has 0 aliphatic rings. The van der Waals surface area contributed by atoms with Crippen molar-refractivity contribution in [3.63, 3.8) is 0 Å². The van der Waals surface area contributed by atoms with E-state index >= 15 is 0 Å². The molecule has 0 radical (unpaired) electrons. The maximum atomic E-state index is 12.4. The molecule has 0 aliphatic heterocycles. The molecule has 0 aliphatic carbocycles. The Hall–Kier alpha value is -2.32. The molecule has 0 spiro atoms. The lowest BCUT2D eigenvalue weighted by molar-refractivity contribution is -0.141. The predicted octanol–water partition coefficient (Wildman–Crippen LogP) is 1.96. The highest BCUT2D eigenvalue weighted by Gasteiger charge is 2.34. The van der Waals surface area contributed by atoms with Crippen molar-refractivity contribution in [1.82, 2.24) is 25.3 Å². The normalized spacial score (nSPS) is 13.2. The monoisotopic (exact) mass is 301 g/mol.